The van der Waals surface area contributed by atoms with Crippen LogP contribution in [0, 0.1) is 0 Å². The van der Waals surface area contributed by atoms with Gasteiger partial charge in [-0.3, -0.25) is 4.79 Å². The molecule has 3 aromatic rings. The van der Waals surface area contributed by atoms with E-state index < -0.39 is 0 Å². The number of ether oxygens (including phenoxy) is 3. The normalized spacial score (nSPS) is 12.8. The monoisotopic (exact) mass is 373 g/mol. The molecule has 4 rings (SSSR count). The number of amides is 1. The van der Waals surface area contributed by atoms with Crippen LogP contribution in [0.4, 0.5) is 5.69 Å². The Bertz CT molecular complexity index is 986. The van der Waals surface area contributed by atoms with Crippen molar-refractivity contribution < 1.29 is 19.0 Å². The van der Waals surface area contributed by atoms with Gasteiger partial charge in [-0.15, -0.1) is 0 Å². The summed E-state index contributed by atoms with van der Waals surface area (Å²) in [7, 11) is 1.54. The number of carbonyl (C=O) groups is 1. The lowest BCUT2D eigenvalue weighted by molar-refractivity contribution is -0.116. The second-order valence-corrected chi connectivity index (χ2v) is 6.16. The molecular formula is C18H16ClN3O4. The van der Waals surface area contributed by atoms with Crippen LogP contribution in [0.15, 0.2) is 36.7 Å². The summed E-state index contributed by atoms with van der Waals surface area (Å²) in [5.74, 6) is 1.69. The number of fused-ring (bicyclic) bond motifs is 2. The van der Waals surface area contributed by atoms with Crippen LogP contribution < -0.4 is 19.5 Å². The van der Waals surface area contributed by atoms with Gasteiger partial charge >= 0.3 is 0 Å². The maximum absolute atomic E-state index is 12.4. The van der Waals surface area contributed by atoms with Gasteiger partial charge in [0.2, 0.25) is 5.91 Å². The van der Waals surface area contributed by atoms with E-state index in [0.29, 0.717) is 41.2 Å². The number of methoxy groups -OCH3 is 1. The number of nitrogens with one attached hydrogen (secondary N) is 1. The van der Waals surface area contributed by atoms with E-state index in [1.54, 1.807) is 29.1 Å². The van der Waals surface area contributed by atoms with Crippen molar-refractivity contribution in [3.8, 4) is 17.2 Å². The van der Waals surface area contributed by atoms with Crippen molar-refractivity contribution in [1.29, 1.82) is 0 Å². The fourth-order valence-electron chi connectivity index (χ4n) is 2.82. The predicted octanol–water partition coefficient (Wildman–Crippen LogP) is 3.11. The summed E-state index contributed by atoms with van der Waals surface area (Å²) in [4.78, 5) is 16.7. The van der Waals surface area contributed by atoms with Crippen LogP contribution in [-0.2, 0) is 11.3 Å². The zero-order chi connectivity index (χ0) is 18.1. The van der Waals surface area contributed by atoms with Crippen molar-refractivity contribution in [3.63, 3.8) is 0 Å². The zero-order valence-electron chi connectivity index (χ0n) is 14.0. The molecule has 0 unspecified atom stereocenters. The molecule has 0 radical (unpaired) electrons. The highest BCUT2D eigenvalue weighted by Gasteiger charge is 2.16. The summed E-state index contributed by atoms with van der Waals surface area (Å²) in [5, 5.41) is 3.25. The first-order valence-electron chi connectivity index (χ1n) is 8.02. The Morgan fingerprint density at radius 3 is 2.77 bits per heavy atom. The van der Waals surface area contributed by atoms with Gasteiger partial charge in [0.25, 0.3) is 0 Å². The zero-order valence-corrected chi connectivity index (χ0v) is 14.7. The first kappa shape index (κ1) is 16.5. The molecule has 0 spiro atoms. The average molecular weight is 374 g/mol. The van der Waals surface area contributed by atoms with Crippen LogP contribution in [0.1, 0.15) is 0 Å². The SMILES string of the molecule is COc1ccc(NC(=O)Cn2cnc3cc4c(cc32)OCCO4)cc1Cl. The number of carbonyl (C=O) groups excluding carboxylic acids is 1. The molecule has 134 valence electrons. The molecule has 0 aliphatic carbocycles. The van der Waals surface area contributed by atoms with Gasteiger partial charge in [0.05, 0.1) is 29.5 Å². The quantitative estimate of drug-likeness (QED) is 0.760. The van der Waals surface area contributed by atoms with Crippen LogP contribution in [0.2, 0.25) is 5.02 Å². The van der Waals surface area contributed by atoms with Crippen LogP contribution in [0.3, 0.4) is 0 Å². The van der Waals surface area contributed by atoms with E-state index in [2.05, 4.69) is 10.3 Å². The third-order valence-electron chi connectivity index (χ3n) is 4.03. The summed E-state index contributed by atoms with van der Waals surface area (Å²) in [6, 6.07) is 8.74. The second-order valence-electron chi connectivity index (χ2n) is 5.75. The molecule has 1 aliphatic rings. The minimum absolute atomic E-state index is 0.111. The van der Waals surface area contributed by atoms with Gasteiger partial charge in [0.15, 0.2) is 11.5 Å². The number of hydrogen-bond acceptors (Lipinski definition) is 5. The summed E-state index contributed by atoms with van der Waals surface area (Å²) < 4.78 is 18.0. The van der Waals surface area contributed by atoms with Gasteiger partial charge < -0.3 is 24.1 Å². The minimum atomic E-state index is -0.194. The van der Waals surface area contributed by atoms with E-state index >= 15 is 0 Å². The Morgan fingerprint density at radius 1 is 1.27 bits per heavy atom. The molecule has 7 nitrogen and oxygen atoms in total. The van der Waals surface area contributed by atoms with E-state index in [4.69, 9.17) is 25.8 Å². The molecule has 1 N–H and O–H groups in total. The molecule has 0 fully saturated rings. The number of benzene rings is 2. The highest BCUT2D eigenvalue weighted by atomic mass is 35.5. The molecule has 1 amide bonds. The summed E-state index contributed by atoms with van der Waals surface area (Å²) >= 11 is 6.08. The average Bonchev–Trinajstić information content (AvgIpc) is 3.01. The predicted molar refractivity (Wildman–Crippen MR) is 97.4 cm³/mol. The molecule has 2 aromatic carbocycles. The molecule has 2 heterocycles. The number of anilines is 1. The van der Waals surface area contributed by atoms with Crippen LogP contribution >= 0.6 is 11.6 Å². The molecule has 8 heteroatoms. The molecule has 1 aliphatic heterocycles. The summed E-state index contributed by atoms with van der Waals surface area (Å²) in [6.45, 7) is 1.14. The number of nitrogens with zero attached hydrogens (tertiary/aromatic N) is 2. The van der Waals surface area contributed by atoms with E-state index in [-0.39, 0.29) is 12.5 Å². The standard InChI is InChI=1S/C18H16ClN3O4/c1-24-15-3-2-11(6-12(15)19)21-18(23)9-22-10-20-13-7-16-17(8-14(13)22)26-5-4-25-16/h2-3,6-8,10H,4-5,9H2,1H3,(H,21,23). The molecule has 0 saturated carbocycles. The van der Waals surface area contributed by atoms with Crippen molar-refractivity contribution in [1.82, 2.24) is 9.55 Å². The van der Waals surface area contributed by atoms with Crippen LogP contribution in [-0.4, -0.2) is 35.8 Å². The van der Waals surface area contributed by atoms with Gasteiger partial charge in [-0.05, 0) is 18.2 Å². The molecular weight excluding hydrogens is 358 g/mol. The van der Waals surface area contributed by atoms with Crippen molar-refractivity contribution in [2.75, 3.05) is 25.6 Å². The van der Waals surface area contributed by atoms with Crippen molar-refractivity contribution in [2.24, 2.45) is 0 Å². The number of rotatable bonds is 4. The van der Waals surface area contributed by atoms with Gasteiger partial charge in [0.1, 0.15) is 25.5 Å². The van der Waals surface area contributed by atoms with E-state index in [1.165, 1.54) is 7.11 Å². The van der Waals surface area contributed by atoms with Gasteiger partial charge in [0, 0.05) is 17.8 Å². The fraction of sp³-hybridized carbons (Fsp3) is 0.222. The molecule has 1 aromatic heterocycles. The van der Waals surface area contributed by atoms with Gasteiger partial charge in [-0.1, -0.05) is 11.6 Å². The van der Waals surface area contributed by atoms with E-state index in [1.807, 2.05) is 12.1 Å². The minimum Gasteiger partial charge on any atom is -0.495 e. The smallest absolute Gasteiger partial charge is 0.244 e. The third-order valence-corrected chi connectivity index (χ3v) is 4.33. The summed E-state index contributed by atoms with van der Waals surface area (Å²) in [6.07, 6.45) is 1.62. The lowest BCUT2D eigenvalue weighted by Gasteiger charge is -2.18. The number of halogens is 1. The van der Waals surface area contributed by atoms with Crippen molar-refractivity contribution in [3.05, 3.63) is 41.7 Å². The highest BCUT2D eigenvalue weighted by molar-refractivity contribution is 6.32. The molecule has 26 heavy (non-hydrogen) atoms. The maximum Gasteiger partial charge on any atom is 0.244 e. The first-order valence-corrected chi connectivity index (χ1v) is 8.40. The molecule has 0 bridgehead atoms. The van der Waals surface area contributed by atoms with Gasteiger partial charge in [-0.2, -0.15) is 0 Å². The Hall–Kier alpha value is -2.93. The van der Waals surface area contributed by atoms with E-state index in [9.17, 15) is 4.79 Å². The number of imidazole rings is 1. The van der Waals surface area contributed by atoms with E-state index in [0.717, 1.165) is 11.0 Å². The topological polar surface area (TPSA) is 74.6 Å². The summed E-state index contributed by atoms with van der Waals surface area (Å²) in [5.41, 5.74) is 2.14. The lowest BCUT2D eigenvalue weighted by atomic mass is 10.2. The largest absolute Gasteiger partial charge is 0.495 e. The van der Waals surface area contributed by atoms with Crippen LogP contribution in [0.5, 0.6) is 17.2 Å². The fourth-order valence-corrected chi connectivity index (χ4v) is 3.08. The van der Waals surface area contributed by atoms with Crippen molar-refractivity contribution >= 4 is 34.2 Å². The maximum atomic E-state index is 12.4. The lowest BCUT2D eigenvalue weighted by Crippen LogP contribution is -2.18. The van der Waals surface area contributed by atoms with Crippen LogP contribution in [0.25, 0.3) is 11.0 Å². The number of hydrogen-bond donors (Lipinski definition) is 1. The Kier molecular flexibility index (Phi) is 4.30. The second kappa shape index (κ2) is 6.76. The molecule has 0 saturated heterocycles. The Balaban J connectivity index is 1.53. The Morgan fingerprint density at radius 2 is 2.04 bits per heavy atom. The first-order chi connectivity index (χ1) is 12.6. The molecule has 0 atom stereocenters. The number of aromatic nitrogens is 2. The third kappa shape index (κ3) is 3.13. The van der Waals surface area contributed by atoms with Crippen molar-refractivity contribution in [2.45, 2.75) is 6.54 Å². The van der Waals surface area contributed by atoms with Gasteiger partial charge in [-0.25, -0.2) is 4.98 Å². The Labute approximate surface area is 154 Å². The highest BCUT2D eigenvalue weighted by Crippen LogP contribution is 2.34.